The molecule has 0 aliphatic heterocycles. The van der Waals surface area contributed by atoms with E-state index in [0.29, 0.717) is 26.0 Å². The summed E-state index contributed by atoms with van der Waals surface area (Å²) in [6.45, 7) is 0.940. The third-order valence-electron chi connectivity index (χ3n) is 3.99. The highest BCUT2D eigenvalue weighted by atomic mass is 32.2. The first-order chi connectivity index (χ1) is 12.4. The summed E-state index contributed by atoms with van der Waals surface area (Å²) in [6, 6.07) is 16.0. The molecule has 0 aliphatic carbocycles. The van der Waals surface area contributed by atoms with Gasteiger partial charge < -0.3 is 9.64 Å². The van der Waals surface area contributed by atoms with Crippen molar-refractivity contribution in [3.8, 4) is 5.75 Å². The first-order valence-electron chi connectivity index (χ1n) is 8.36. The monoisotopic (exact) mass is 376 g/mol. The summed E-state index contributed by atoms with van der Waals surface area (Å²) in [5, 5.41) is 0. The first kappa shape index (κ1) is 19.9. The number of sulfonamides is 1. The molecule has 1 N–H and O–H groups in total. The number of para-hydroxylation sites is 1. The van der Waals surface area contributed by atoms with Gasteiger partial charge in [-0.25, -0.2) is 13.1 Å². The second-order valence-corrected chi connectivity index (χ2v) is 7.71. The quantitative estimate of drug-likeness (QED) is 0.727. The van der Waals surface area contributed by atoms with Gasteiger partial charge in [-0.2, -0.15) is 0 Å². The summed E-state index contributed by atoms with van der Waals surface area (Å²) in [5.74, 6) is 0.804. The Morgan fingerprint density at radius 2 is 1.73 bits per heavy atom. The van der Waals surface area contributed by atoms with E-state index in [4.69, 9.17) is 4.74 Å². The topological polar surface area (TPSA) is 75.7 Å². The van der Waals surface area contributed by atoms with Gasteiger partial charge in [0.15, 0.2) is 0 Å². The number of hydrogen-bond acceptors (Lipinski definition) is 4. The third kappa shape index (κ3) is 5.86. The van der Waals surface area contributed by atoms with Crippen molar-refractivity contribution in [3.63, 3.8) is 0 Å². The van der Waals surface area contributed by atoms with Crippen LogP contribution < -0.4 is 9.46 Å². The molecule has 2 rings (SSSR count). The summed E-state index contributed by atoms with van der Waals surface area (Å²) in [7, 11) is -0.308. The van der Waals surface area contributed by atoms with E-state index in [1.54, 1.807) is 36.2 Å². The summed E-state index contributed by atoms with van der Waals surface area (Å²) in [6.07, 6.45) is 0.919. The Kier molecular flexibility index (Phi) is 7.17. The van der Waals surface area contributed by atoms with Gasteiger partial charge >= 0.3 is 0 Å². The molecule has 0 fully saturated rings. The van der Waals surface area contributed by atoms with Crippen LogP contribution in [0.4, 0.5) is 0 Å². The second kappa shape index (κ2) is 9.35. The molecule has 0 unspecified atom stereocenters. The van der Waals surface area contributed by atoms with Crippen LogP contribution in [0.15, 0.2) is 59.5 Å². The predicted molar refractivity (Wildman–Crippen MR) is 101 cm³/mol. The minimum atomic E-state index is -3.43. The molecule has 0 saturated heterocycles. The maximum atomic E-state index is 12.2. The van der Waals surface area contributed by atoms with Crippen LogP contribution in [0.2, 0.25) is 0 Å². The molecule has 0 aliphatic rings. The molecular formula is C19H24N2O4S. The Balaban J connectivity index is 1.77. The lowest BCUT2D eigenvalue weighted by Gasteiger charge is -2.17. The van der Waals surface area contributed by atoms with E-state index in [2.05, 4.69) is 4.72 Å². The molecular weight excluding hydrogens is 352 g/mol. The number of nitrogens with zero attached hydrogens (tertiary/aromatic N) is 1. The van der Waals surface area contributed by atoms with Crippen molar-refractivity contribution in [1.82, 2.24) is 9.62 Å². The maximum Gasteiger partial charge on any atom is 0.240 e. The van der Waals surface area contributed by atoms with Crippen LogP contribution in [-0.2, 0) is 21.2 Å². The fraction of sp³-hybridized carbons (Fsp3) is 0.316. The number of nitrogens with one attached hydrogen (secondary N) is 1. The lowest BCUT2D eigenvalue weighted by molar-refractivity contribution is -0.130. The largest absolute Gasteiger partial charge is 0.492 e. The molecule has 0 atom stereocenters. The number of aryl methyl sites for hydroxylation is 1. The molecule has 140 valence electrons. The van der Waals surface area contributed by atoms with E-state index in [9.17, 15) is 13.2 Å². The van der Waals surface area contributed by atoms with E-state index in [1.807, 2.05) is 30.3 Å². The zero-order valence-electron chi connectivity index (χ0n) is 15.0. The Hall–Kier alpha value is -2.38. The van der Waals surface area contributed by atoms with Crippen LogP contribution in [0, 0.1) is 0 Å². The Morgan fingerprint density at radius 3 is 2.35 bits per heavy atom. The minimum Gasteiger partial charge on any atom is -0.492 e. The molecule has 26 heavy (non-hydrogen) atoms. The Labute approximate surface area is 154 Å². The van der Waals surface area contributed by atoms with E-state index in [0.717, 1.165) is 11.3 Å². The molecule has 0 heterocycles. The van der Waals surface area contributed by atoms with Crippen molar-refractivity contribution in [3.05, 3.63) is 60.2 Å². The number of carbonyl (C=O) groups is 1. The van der Waals surface area contributed by atoms with Crippen LogP contribution in [-0.4, -0.2) is 46.5 Å². The smallest absolute Gasteiger partial charge is 0.240 e. The van der Waals surface area contributed by atoms with Gasteiger partial charge in [-0.05, 0) is 43.3 Å². The van der Waals surface area contributed by atoms with Crippen LogP contribution >= 0.6 is 0 Å². The van der Waals surface area contributed by atoms with Gasteiger partial charge in [0.2, 0.25) is 15.9 Å². The highest BCUT2D eigenvalue weighted by Crippen LogP contribution is 2.12. The number of ether oxygens (including phenoxy) is 1. The van der Waals surface area contributed by atoms with E-state index >= 15 is 0 Å². The molecule has 0 saturated carbocycles. The number of rotatable bonds is 9. The van der Waals surface area contributed by atoms with Crippen molar-refractivity contribution in [2.75, 3.05) is 27.2 Å². The van der Waals surface area contributed by atoms with E-state index in [-0.39, 0.29) is 10.8 Å². The fourth-order valence-corrected chi connectivity index (χ4v) is 3.07. The molecule has 0 radical (unpaired) electrons. The van der Waals surface area contributed by atoms with Crippen LogP contribution in [0.3, 0.4) is 0 Å². The average molecular weight is 376 g/mol. The van der Waals surface area contributed by atoms with Gasteiger partial charge in [0.1, 0.15) is 12.4 Å². The summed E-state index contributed by atoms with van der Waals surface area (Å²) in [5.41, 5.74) is 0.919. The third-order valence-corrected chi connectivity index (χ3v) is 5.42. The van der Waals surface area contributed by atoms with Crippen molar-refractivity contribution in [1.29, 1.82) is 0 Å². The maximum absolute atomic E-state index is 12.2. The van der Waals surface area contributed by atoms with Crippen molar-refractivity contribution in [2.45, 2.75) is 17.7 Å². The van der Waals surface area contributed by atoms with Gasteiger partial charge in [-0.15, -0.1) is 0 Å². The predicted octanol–water partition coefficient (Wildman–Crippen LogP) is 2.06. The van der Waals surface area contributed by atoms with Crippen molar-refractivity contribution >= 4 is 15.9 Å². The molecule has 2 aromatic rings. The lowest BCUT2D eigenvalue weighted by atomic mass is 10.1. The van der Waals surface area contributed by atoms with Gasteiger partial charge in [-0.1, -0.05) is 30.3 Å². The molecule has 0 bridgehead atoms. The van der Waals surface area contributed by atoms with Gasteiger partial charge in [0.05, 0.1) is 11.4 Å². The van der Waals surface area contributed by atoms with E-state index in [1.165, 1.54) is 7.05 Å². The van der Waals surface area contributed by atoms with Crippen LogP contribution in [0.25, 0.3) is 0 Å². The average Bonchev–Trinajstić information content (AvgIpc) is 2.67. The molecule has 6 nitrogen and oxygen atoms in total. The summed E-state index contributed by atoms with van der Waals surface area (Å²) < 4.78 is 31.2. The Morgan fingerprint density at radius 1 is 1.08 bits per heavy atom. The van der Waals surface area contributed by atoms with Crippen LogP contribution in [0.5, 0.6) is 5.75 Å². The SMILES string of the molecule is CNS(=O)(=O)c1ccc(CCC(=O)N(C)CCOc2ccccc2)cc1. The molecule has 1 amide bonds. The van der Waals surface area contributed by atoms with Crippen molar-refractivity contribution in [2.24, 2.45) is 0 Å². The standard InChI is InChI=1S/C19H24N2O4S/c1-20-26(23,24)18-11-8-16(9-12-18)10-13-19(22)21(2)14-15-25-17-6-4-3-5-7-17/h3-9,11-12,20H,10,13-15H2,1-2H3. The second-order valence-electron chi connectivity index (χ2n) is 5.83. The Bertz CT molecular complexity index is 805. The number of hydrogen-bond donors (Lipinski definition) is 1. The summed E-state index contributed by atoms with van der Waals surface area (Å²) in [4.78, 5) is 14.1. The van der Waals surface area contributed by atoms with Gasteiger partial charge in [0.25, 0.3) is 0 Å². The van der Waals surface area contributed by atoms with Gasteiger partial charge in [0, 0.05) is 13.5 Å². The highest BCUT2D eigenvalue weighted by molar-refractivity contribution is 7.89. The van der Waals surface area contributed by atoms with Crippen LogP contribution in [0.1, 0.15) is 12.0 Å². The zero-order valence-corrected chi connectivity index (χ0v) is 15.8. The normalized spacial score (nSPS) is 11.2. The minimum absolute atomic E-state index is 0.0218. The van der Waals surface area contributed by atoms with Gasteiger partial charge in [-0.3, -0.25) is 4.79 Å². The van der Waals surface area contributed by atoms with Crippen molar-refractivity contribution < 1.29 is 17.9 Å². The first-order valence-corrected chi connectivity index (χ1v) is 9.85. The lowest BCUT2D eigenvalue weighted by Crippen LogP contribution is -2.31. The zero-order chi connectivity index (χ0) is 19.0. The number of carbonyl (C=O) groups excluding carboxylic acids is 1. The fourth-order valence-electron chi connectivity index (χ4n) is 2.34. The molecule has 2 aromatic carbocycles. The highest BCUT2D eigenvalue weighted by Gasteiger charge is 2.12. The van der Waals surface area contributed by atoms with E-state index < -0.39 is 10.0 Å². The molecule has 0 spiro atoms. The number of likely N-dealkylation sites (N-methyl/N-ethyl adjacent to an activating group) is 1. The summed E-state index contributed by atoms with van der Waals surface area (Å²) >= 11 is 0. The molecule has 7 heteroatoms. The number of amides is 1. The molecule has 0 aromatic heterocycles. The number of benzene rings is 2.